The van der Waals surface area contributed by atoms with Gasteiger partial charge in [-0.2, -0.15) is 0 Å². The third-order valence-corrected chi connectivity index (χ3v) is 4.05. The number of nitrogens with zero attached hydrogens (tertiary/aromatic N) is 2. The molecule has 1 fully saturated rings. The first-order valence-electron chi connectivity index (χ1n) is 7.62. The normalized spacial score (nSPS) is 19.6. The Hall–Kier alpha value is -1.75. The molecule has 1 saturated heterocycles. The van der Waals surface area contributed by atoms with Crippen molar-refractivity contribution in [2.24, 2.45) is 0 Å². The first kappa shape index (κ1) is 15.6. The van der Waals surface area contributed by atoms with Gasteiger partial charge in [-0.25, -0.2) is 4.79 Å². The average molecular weight is 291 g/mol. The molecule has 21 heavy (non-hydrogen) atoms. The molecule has 5 nitrogen and oxygen atoms in total. The van der Waals surface area contributed by atoms with Crippen molar-refractivity contribution >= 4 is 17.3 Å². The molecule has 1 heterocycles. The largest absolute Gasteiger partial charge is 0.462 e. The van der Waals surface area contributed by atoms with Gasteiger partial charge in [0.25, 0.3) is 0 Å². The molecule has 2 rings (SSSR count). The second-order valence-electron chi connectivity index (χ2n) is 5.42. The van der Waals surface area contributed by atoms with Crippen molar-refractivity contribution in [3.8, 4) is 0 Å². The second-order valence-corrected chi connectivity index (χ2v) is 5.42. The molecule has 2 N–H and O–H groups in total. The monoisotopic (exact) mass is 291 g/mol. The topological polar surface area (TPSA) is 58.8 Å². The number of nitrogen functional groups attached to an aromatic ring is 1. The van der Waals surface area contributed by atoms with E-state index in [2.05, 4.69) is 23.6 Å². The first-order valence-corrected chi connectivity index (χ1v) is 7.62. The van der Waals surface area contributed by atoms with E-state index >= 15 is 0 Å². The van der Waals surface area contributed by atoms with E-state index < -0.39 is 0 Å². The van der Waals surface area contributed by atoms with Gasteiger partial charge in [0, 0.05) is 25.7 Å². The number of hydrogen-bond acceptors (Lipinski definition) is 5. The number of carbonyl (C=O) groups excluding carboxylic acids is 1. The number of rotatable bonds is 4. The Morgan fingerprint density at radius 3 is 2.71 bits per heavy atom. The second kappa shape index (κ2) is 6.80. The maximum Gasteiger partial charge on any atom is 0.338 e. The Morgan fingerprint density at radius 1 is 1.38 bits per heavy atom. The molecule has 1 aromatic rings. The summed E-state index contributed by atoms with van der Waals surface area (Å²) in [4.78, 5) is 16.5. The van der Waals surface area contributed by atoms with Crippen molar-refractivity contribution in [3.05, 3.63) is 23.8 Å². The maximum atomic E-state index is 11.7. The lowest BCUT2D eigenvalue weighted by Gasteiger charge is -2.40. The number of ether oxygens (including phenoxy) is 1. The summed E-state index contributed by atoms with van der Waals surface area (Å²) in [5, 5.41) is 0. The molecule has 0 bridgehead atoms. The molecule has 5 heteroatoms. The number of nitrogens with two attached hydrogens (primary N) is 1. The number of piperazine rings is 1. The first-order chi connectivity index (χ1) is 10.1. The predicted octanol–water partition coefficient (Wildman–Crippen LogP) is 1.98. The van der Waals surface area contributed by atoms with Gasteiger partial charge >= 0.3 is 5.97 Å². The lowest BCUT2D eigenvalue weighted by molar-refractivity contribution is 0.0526. The molecule has 1 aliphatic rings. The van der Waals surface area contributed by atoms with Gasteiger partial charge in [0.05, 0.1) is 23.5 Å². The Bertz CT molecular complexity index is 504. The molecular weight excluding hydrogens is 266 g/mol. The SMILES string of the molecule is CCOC(=O)c1ccc(N2CCN(CC)C(C)C2)c(N)c1. The highest BCUT2D eigenvalue weighted by Crippen LogP contribution is 2.27. The number of esters is 1. The lowest BCUT2D eigenvalue weighted by Crippen LogP contribution is -2.51. The van der Waals surface area contributed by atoms with Crippen LogP contribution in [0.15, 0.2) is 18.2 Å². The van der Waals surface area contributed by atoms with E-state index in [1.165, 1.54) is 0 Å². The van der Waals surface area contributed by atoms with Gasteiger partial charge in [-0.1, -0.05) is 6.92 Å². The summed E-state index contributed by atoms with van der Waals surface area (Å²) in [6.45, 7) is 10.6. The molecule has 1 atom stereocenters. The lowest BCUT2D eigenvalue weighted by atomic mass is 10.1. The average Bonchev–Trinajstić information content (AvgIpc) is 2.47. The third-order valence-electron chi connectivity index (χ3n) is 4.05. The Kier molecular flexibility index (Phi) is 5.07. The number of carbonyl (C=O) groups is 1. The minimum Gasteiger partial charge on any atom is -0.462 e. The molecule has 0 aromatic heterocycles. The summed E-state index contributed by atoms with van der Waals surface area (Å²) >= 11 is 0. The molecule has 0 saturated carbocycles. The van der Waals surface area contributed by atoms with Gasteiger partial charge in [0.1, 0.15) is 0 Å². The molecule has 0 aliphatic carbocycles. The maximum absolute atomic E-state index is 11.7. The fourth-order valence-electron chi connectivity index (χ4n) is 2.87. The fraction of sp³-hybridized carbons (Fsp3) is 0.562. The van der Waals surface area contributed by atoms with Gasteiger partial charge in [-0.15, -0.1) is 0 Å². The Labute approximate surface area is 126 Å². The number of hydrogen-bond donors (Lipinski definition) is 1. The zero-order valence-corrected chi connectivity index (χ0v) is 13.1. The molecule has 1 aliphatic heterocycles. The van der Waals surface area contributed by atoms with Crippen molar-refractivity contribution in [1.29, 1.82) is 0 Å². The highest BCUT2D eigenvalue weighted by molar-refractivity contribution is 5.92. The summed E-state index contributed by atoms with van der Waals surface area (Å²) < 4.78 is 5.00. The highest BCUT2D eigenvalue weighted by Gasteiger charge is 2.23. The van der Waals surface area contributed by atoms with Crippen LogP contribution in [0.5, 0.6) is 0 Å². The van der Waals surface area contributed by atoms with Crippen LogP contribution >= 0.6 is 0 Å². The fourth-order valence-corrected chi connectivity index (χ4v) is 2.87. The summed E-state index contributed by atoms with van der Waals surface area (Å²) in [6, 6.07) is 5.94. The molecule has 116 valence electrons. The van der Waals surface area contributed by atoms with Crippen molar-refractivity contribution < 1.29 is 9.53 Å². The zero-order valence-electron chi connectivity index (χ0n) is 13.1. The van der Waals surface area contributed by atoms with E-state index in [-0.39, 0.29) is 5.97 Å². The van der Waals surface area contributed by atoms with Crippen LogP contribution < -0.4 is 10.6 Å². The van der Waals surface area contributed by atoms with Crippen molar-refractivity contribution in [2.75, 3.05) is 43.4 Å². The molecular formula is C16H25N3O2. The molecule has 1 unspecified atom stereocenters. The number of benzene rings is 1. The number of anilines is 2. The van der Waals surface area contributed by atoms with Crippen LogP contribution in [-0.2, 0) is 4.74 Å². The van der Waals surface area contributed by atoms with Gasteiger partial charge in [-0.05, 0) is 38.6 Å². The summed E-state index contributed by atoms with van der Waals surface area (Å²) in [5.41, 5.74) is 8.29. The van der Waals surface area contributed by atoms with Crippen LogP contribution in [0.25, 0.3) is 0 Å². The predicted molar refractivity (Wildman–Crippen MR) is 85.7 cm³/mol. The third kappa shape index (κ3) is 3.47. The smallest absolute Gasteiger partial charge is 0.338 e. The van der Waals surface area contributed by atoms with E-state index in [9.17, 15) is 4.79 Å². The van der Waals surface area contributed by atoms with Crippen LogP contribution in [0.2, 0.25) is 0 Å². The standard InChI is InChI=1S/C16H25N3O2/c1-4-18-8-9-19(11-12(18)3)15-7-6-13(10-14(15)17)16(20)21-5-2/h6-7,10,12H,4-5,8-9,11,17H2,1-3H3. The minimum absolute atomic E-state index is 0.320. The van der Waals surface area contributed by atoms with E-state index in [0.717, 1.165) is 31.9 Å². The highest BCUT2D eigenvalue weighted by atomic mass is 16.5. The summed E-state index contributed by atoms with van der Waals surface area (Å²) in [5.74, 6) is -0.320. The minimum atomic E-state index is -0.320. The van der Waals surface area contributed by atoms with Crippen LogP contribution in [0.3, 0.4) is 0 Å². The zero-order chi connectivity index (χ0) is 15.4. The van der Waals surface area contributed by atoms with Crippen LogP contribution in [0, 0.1) is 0 Å². The molecule has 0 radical (unpaired) electrons. The van der Waals surface area contributed by atoms with Gasteiger partial charge in [0.15, 0.2) is 0 Å². The van der Waals surface area contributed by atoms with Gasteiger partial charge < -0.3 is 15.4 Å². The van der Waals surface area contributed by atoms with Crippen molar-refractivity contribution in [2.45, 2.75) is 26.8 Å². The van der Waals surface area contributed by atoms with Crippen molar-refractivity contribution in [1.82, 2.24) is 4.90 Å². The summed E-state index contributed by atoms with van der Waals surface area (Å²) in [6.07, 6.45) is 0. The van der Waals surface area contributed by atoms with Crippen LogP contribution in [0.4, 0.5) is 11.4 Å². The molecule has 0 spiro atoms. The quantitative estimate of drug-likeness (QED) is 0.679. The van der Waals surface area contributed by atoms with E-state index in [1.807, 2.05) is 6.07 Å². The van der Waals surface area contributed by atoms with Crippen molar-refractivity contribution in [3.63, 3.8) is 0 Å². The Balaban J connectivity index is 2.13. The summed E-state index contributed by atoms with van der Waals surface area (Å²) in [7, 11) is 0. The molecule has 1 aromatic carbocycles. The van der Waals surface area contributed by atoms with E-state index in [4.69, 9.17) is 10.5 Å². The van der Waals surface area contributed by atoms with Gasteiger partial charge in [-0.3, -0.25) is 4.90 Å². The van der Waals surface area contributed by atoms with Crippen LogP contribution in [-0.4, -0.2) is 49.7 Å². The molecule has 0 amide bonds. The van der Waals surface area contributed by atoms with Crippen LogP contribution in [0.1, 0.15) is 31.1 Å². The van der Waals surface area contributed by atoms with E-state index in [1.54, 1.807) is 19.1 Å². The number of likely N-dealkylation sites (N-methyl/N-ethyl adjacent to an activating group) is 1. The Morgan fingerprint density at radius 2 is 2.14 bits per heavy atom. The van der Waals surface area contributed by atoms with Gasteiger partial charge in [0.2, 0.25) is 0 Å². The van der Waals surface area contributed by atoms with E-state index in [0.29, 0.717) is 23.9 Å².